The van der Waals surface area contributed by atoms with Crippen molar-refractivity contribution in [3.8, 4) is 11.5 Å². The van der Waals surface area contributed by atoms with Crippen molar-refractivity contribution in [2.45, 2.75) is 44.4 Å². The summed E-state index contributed by atoms with van der Waals surface area (Å²) in [5, 5.41) is 11.9. The lowest BCUT2D eigenvalue weighted by atomic mass is 9.64. The van der Waals surface area contributed by atoms with Gasteiger partial charge in [0.1, 0.15) is 0 Å². The Morgan fingerprint density at radius 3 is 2.58 bits per heavy atom. The van der Waals surface area contributed by atoms with Crippen LogP contribution in [-0.2, 0) is 9.47 Å². The van der Waals surface area contributed by atoms with Crippen LogP contribution in [0.5, 0.6) is 11.5 Å². The fraction of sp³-hybridized carbons (Fsp3) is 0.647. The second-order valence-corrected chi connectivity index (χ2v) is 7.43. The van der Waals surface area contributed by atoms with Gasteiger partial charge in [0.2, 0.25) is 12.8 Å². The Hall–Kier alpha value is -1.86. The molecule has 1 saturated carbocycles. The normalized spacial score (nSPS) is 29.8. The minimum atomic E-state index is -0.725. The van der Waals surface area contributed by atoms with Gasteiger partial charge in [0, 0.05) is 23.2 Å². The average molecular weight is 335 g/mol. The van der Waals surface area contributed by atoms with E-state index >= 15 is 0 Å². The predicted octanol–water partition coefficient (Wildman–Crippen LogP) is 2.71. The van der Waals surface area contributed by atoms with Gasteiger partial charge in [-0.15, -0.1) is 0 Å². The number of hydrogen-bond donors (Lipinski definition) is 0. The van der Waals surface area contributed by atoms with Crippen LogP contribution in [0, 0.1) is 15.5 Å². The Bertz CT molecular complexity index is 667. The lowest BCUT2D eigenvalue weighted by molar-refractivity contribution is -0.553. The van der Waals surface area contributed by atoms with Gasteiger partial charge < -0.3 is 18.9 Å². The molecule has 2 fully saturated rings. The molecule has 24 heavy (non-hydrogen) atoms. The van der Waals surface area contributed by atoms with Crippen LogP contribution in [0.15, 0.2) is 18.2 Å². The molecule has 4 rings (SSSR count). The van der Waals surface area contributed by atoms with E-state index in [1.165, 1.54) is 0 Å². The Balaban J connectivity index is 1.75. The zero-order chi connectivity index (χ0) is 16.9. The van der Waals surface area contributed by atoms with Gasteiger partial charge in [0.05, 0.1) is 19.1 Å². The van der Waals surface area contributed by atoms with Crippen molar-refractivity contribution in [1.82, 2.24) is 0 Å². The summed E-state index contributed by atoms with van der Waals surface area (Å²) < 4.78 is 22.6. The first-order valence-corrected chi connectivity index (χ1v) is 8.21. The number of fused-ring (bicyclic) bond motifs is 1. The van der Waals surface area contributed by atoms with Crippen molar-refractivity contribution in [2.75, 3.05) is 20.0 Å². The molecule has 7 heteroatoms. The van der Waals surface area contributed by atoms with Crippen LogP contribution in [0.4, 0.5) is 0 Å². The van der Waals surface area contributed by atoms with Gasteiger partial charge in [-0.3, -0.25) is 10.1 Å². The largest absolute Gasteiger partial charge is 0.454 e. The monoisotopic (exact) mass is 335 g/mol. The molecule has 3 aliphatic rings. The van der Waals surface area contributed by atoms with E-state index in [-0.39, 0.29) is 17.6 Å². The highest BCUT2D eigenvalue weighted by molar-refractivity contribution is 5.46. The number of benzene rings is 1. The number of rotatable bonds is 2. The fourth-order valence-electron chi connectivity index (χ4n) is 4.46. The van der Waals surface area contributed by atoms with Gasteiger partial charge in [0.25, 0.3) is 0 Å². The molecule has 1 aromatic carbocycles. The van der Waals surface area contributed by atoms with Crippen LogP contribution in [0.25, 0.3) is 0 Å². The van der Waals surface area contributed by atoms with Crippen molar-refractivity contribution < 1.29 is 23.9 Å². The molecular weight excluding hydrogens is 314 g/mol. The molecule has 1 aromatic rings. The molecule has 0 unspecified atom stereocenters. The third kappa shape index (κ3) is 2.43. The van der Waals surface area contributed by atoms with Crippen LogP contribution < -0.4 is 9.47 Å². The maximum Gasteiger partial charge on any atom is 0.231 e. The molecule has 0 N–H and O–H groups in total. The van der Waals surface area contributed by atoms with E-state index in [0.717, 1.165) is 5.56 Å². The molecule has 1 aliphatic carbocycles. The van der Waals surface area contributed by atoms with E-state index in [2.05, 4.69) is 0 Å². The second-order valence-electron chi connectivity index (χ2n) is 7.43. The molecule has 0 bridgehead atoms. The fourth-order valence-corrected chi connectivity index (χ4v) is 4.46. The van der Waals surface area contributed by atoms with Crippen molar-refractivity contribution in [1.29, 1.82) is 0 Å². The third-order valence-corrected chi connectivity index (χ3v) is 5.30. The van der Waals surface area contributed by atoms with Gasteiger partial charge in [-0.05, 0) is 17.7 Å². The van der Waals surface area contributed by atoms with E-state index in [1.54, 1.807) is 0 Å². The minimum absolute atomic E-state index is 0.156. The van der Waals surface area contributed by atoms with E-state index in [1.807, 2.05) is 32.0 Å². The van der Waals surface area contributed by atoms with E-state index in [0.29, 0.717) is 37.6 Å². The van der Waals surface area contributed by atoms with E-state index in [9.17, 15) is 10.1 Å². The topological polar surface area (TPSA) is 80.1 Å². The molecule has 2 heterocycles. The predicted molar refractivity (Wildman–Crippen MR) is 83.7 cm³/mol. The van der Waals surface area contributed by atoms with Gasteiger partial charge in [-0.25, -0.2) is 0 Å². The van der Waals surface area contributed by atoms with Gasteiger partial charge >= 0.3 is 0 Å². The number of nitro groups is 1. The first-order valence-electron chi connectivity index (χ1n) is 8.21. The number of ether oxygens (including phenoxy) is 4. The lowest BCUT2D eigenvalue weighted by Crippen LogP contribution is -2.53. The highest BCUT2D eigenvalue weighted by Gasteiger charge is 2.58. The van der Waals surface area contributed by atoms with Crippen molar-refractivity contribution in [3.63, 3.8) is 0 Å². The summed E-state index contributed by atoms with van der Waals surface area (Å²) in [6.45, 7) is 5.10. The highest BCUT2D eigenvalue weighted by atomic mass is 16.7. The Labute approximate surface area is 140 Å². The van der Waals surface area contributed by atoms with Crippen molar-refractivity contribution in [3.05, 3.63) is 33.9 Å². The second kappa shape index (κ2) is 5.32. The van der Waals surface area contributed by atoms with Crippen LogP contribution in [0.2, 0.25) is 0 Å². The molecule has 0 radical (unpaired) electrons. The zero-order valence-electron chi connectivity index (χ0n) is 13.8. The molecule has 2 atom stereocenters. The van der Waals surface area contributed by atoms with Gasteiger partial charge in [0.15, 0.2) is 17.3 Å². The summed E-state index contributed by atoms with van der Waals surface area (Å²) in [6, 6.07) is 4.85. The first kappa shape index (κ1) is 15.7. The Morgan fingerprint density at radius 1 is 1.17 bits per heavy atom. The third-order valence-electron chi connectivity index (χ3n) is 5.30. The van der Waals surface area contributed by atoms with Crippen molar-refractivity contribution >= 4 is 0 Å². The molecule has 1 saturated heterocycles. The standard InChI is InChI=1S/C17H21NO6/c1-16(2)9-17(23-5-6-24-17)8-12(15(16)18(19)20)11-3-4-13-14(7-11)22-10-21-13/h3-4,7,12,15H,5-6,8-10H2,1-2H3/t12-,15+/m0/s1. The molecular formula is C17H21NO6. The summed E-state index contributed by atoms with van der Waals surface area (Å²) in [6.07, 6.45) is 0.994. The zero-order valence-corrected chi connectivity index (χ0v) is 13.8. The smallest absolute Gasteiger partial charge is 0.231 e. The summed E-state index contributed by atoms with van der Waals surface area (Å²) in [5.74, 6) is 0.281. The highest BCUT2D eigenvalue weighted by Crippen LogP contribution is 2.53. The molecule has 0 amide bonds. The summed E-state index contributed by atoms with van der Waals surface area (Å²) in [5.41, 5.74) is 0.319. The molecule has 7 nitrogen and oxygen atoms in total. The van der Waals surface area contributed by atoms with Crippen LogP contribution in [0.3, 0.4) is 0 Å². The number of hydrogen-bond acceptors (Lipinski definition) is 6. The molecule has 0 aromatic heterocycles. The maximum absolute atomic E-state index is 11.9. The first-order chi connectivity index (χ1) is 11.4. The molecule has 130 valence electrons. The van der Waals surface area contributed by atoms with Gasteiger partial charge in [-0.2, -0.15) is 0 Å². The van der Waals surface area contributed by atoms with Crippen LogP contribution >= 0.6 is 0 Å². The summed E-state index contributed by atoms with van der Waals surface area (Å²) in [7, 11) is 0. The molecule has 2 aliphatic heterocycles. The SMILES string of the molecule is CC1(C)CC2(C[C@@H](c3ccc4c(c3)OCO4)[C@H]1[N+](=O)[O-])OCCO2. The number of nitrogens with zero attached hydrogens (tertiary/aromatic N) is 1. The molecule has 1 spiro atoms. The summed E-state index contributed by atoms with van der Waals surface area (Å²) in [4.78, 5) is 11.7. The van der Waals surface area contributed by atoms with E-state index in [4.69, 9.17) is 18.9 Å². The average Bonchev–Trinajstić information content (AvgIpc) is 3.13. The minimum Gasteiger partial charge on any atom is -0.454 e. The van der Waals surface area contributed by atoms with Gasteiger partial charge in [-0.1, -0.05) is 19.9 Å². The Morgan fingerprint density at radius 2 is 1.88 bits per heavy atom. The Kier molecular flexibility index (Phi) is 3.47. The quantitative estimate of drug-likeness (QED) is 0.611. The van der Waals surface area contributed by atoms with E-state index < -0.39 is 17.2 Å². The van der Waals surface area contributed by atoms with Crippen LogP contribution in [0.1, 0.15) is 38.2 Å². The van der Waals surface area contributed by atoms with Crippen molar-refractivity contribution in [2.24, 2.45) is 5.41 Å². The lowest BCUT2D eigenvalue weighted by Gasteiger charge is -2.46. The summed E-state index contributed by atoms with van der Waals surface area (Å²) >= 11 is 0. The maximum atomic E-state index is 11.9. The van der Waals surface area contributed by atoms with Crippen LogP contribution in [-0.4, -0.2) is 36.8 Å².